The first-order chi connectivity index (χ1) is 11.9. The molecule has 2 heterocycles. The summed E-state index contributed by atoms with van der Waals surface area (Å²) in [6.45, 7) is 7.61. The Labute approximate surface area is 147 Å². The van der Waals surface area contributed by atoms with Gasteiger partial charge in [-0.3, -0.25) is 4.79 Å². The van der Waals surface area contributed by atoms with Crippen LogP contribution in [0.25, 0.3) is 0 Å². The molecule has 7 nitrogen and oxygen atoms in total. The van der Waals surface area contributed by atoms with Gasteiger partial charge in [0.05, 0.1) is 24.9 Å². The third kappa shape index (κ3) is 3.99. The molecular weight excluding hydrogens is 320 g/mol. The smallest absolute Gasteiger partial charge is 0.254 e. The molecule has 1 aliphatic heterocycles. The van der Waals surface area contributed by atoms with Crippen LogP contribution in [0.5, 0.6) is 5.75 Å². The largest absolute Gasteiger partial charge is 0.493 e. The van der Waals surface area contributed by atoms with E-state index >= 15 is 0 Å². The number of aliphatic hydroxyl groups is 1. The molecule has 25 heavy (non-hydrogen) atoms. The molecule has 134 valence electrons. The van der Waals surface area contributed by atoms with E-state index < -0.39 is 6.10 Å². The second-order valence-corrected chi connectivity index (χ2v) is 6.90. The van der Waals surface area contributed by atoms with E-state index in [1.54, 1.807) is 34.8 Å². The van der Waals surface area contributed by atoms with Gasteiger partial charge in [-0.25, -0.2) is 4.68 Å². The summed E-state index contributed by atoms with van der Waals surface area (Å²) in [4.78, 5) is 14.4. The highest BCUT2D eigenvalue weighted by Gasteiger charge is 2.33. The molecule has 1 aliphatic rings. The highest BCUT2D eigenvalue weighted by atomic mass is 16.5. The first-order valence-corrected chi connectivity index (χ1v) is 8.56. The van der Waals surface area contributed by atoms with E-state index in [0.29, 0.717) is 36.9 Å². The Kier molecular flexibility index (Phi) is 5.03. The number of carbonyl (C=O) groups is 1. The molecule has 1 aromatic carbocycles. The van der Waals surface area contributed by atoms with E-state index in [4.69, 9.17) is 4.74 Å². The predicted octanol–water partition coefficient (Wildman–Crippen LogP) is 2.06. The number of amides is 1. The maximum absolute atomic E-state index is 12.6. The number of rotatable bonds is 6. The average molecular weight is 344 g/mol. The van der Waals surface area contributed by atoms with Gasteiger partial charge in [-0.05, 0) is 31.0 Å². The lowest BCUT2D eigenvalue weighted by Crippen LogP contribution is -2.50. The Morgan fingerprint density at radius 1 is 1.36 bits per heavy atom. The van der Waals surface area contributed by atoms with Crippen molar-refractivity contribution in [2.45, 2.75) is 32.9 Å². The molecular formula is C18H24N4O3. The number of hydrogen-bond acceptors (Lipinski definition) is 5. The molecule has 1 unspecified atom stereocenters. The second-order valence-electron chi connectivity index (χ2n) is 6.90. The molecule has 0 spiro atoms. The molecule has 1 atom stereocenters. The van der Waals surface area contributed by atoms with Crippen molar-refractivity contribution in [3.63, 3.8) is 0 Å². The van der Waals surface area contributed by atoms with Gasteiger partial charge in [0.1, 0.15) is 11.4 Å². The zero-order valence-corrected chi connectivity index (χ0v) is 14.8. The third-order valence-electron chi connectivity index (χ3n) is 4.14. The second kappa shape index (κ2) is 7.23. The van der Waals surface area contributed by atoms with Gasteiger partial charge in [0.2, 0.25) is 0 Å². The Morgan fingerprint density at radius 3 is 2.76 bits per heavy atom. The zero-order chi connectivity index (χ0) is 18.0. The molecule has 1 aromatic heterocycles. The van der Waals surface area contributed by atoms with Crippen molar-refractivity contribution in [2.75, 3.05) is 19.7 Å². The van der Waals surface area contributed by atoms with E-state index in [2.05, 4.69) is 24.2 Å². The van der Waals surface area contributed by atoms with E-state index in [-0.39, 0.29) is 11.9 Å². The maximum Gasteiger partial charge on any atom is 0.254 e. The molecule has 1 fully saturated rings. The summed E-state index contributed by atoms with van der Waals surface area (Å²) < 4.78 is 7.40. The van der Waals surface area contributed by atoms with Crippen LogP contribution in [-0.4, -0.2) is 50.6 Å². The van der Waals surface area contributed by atoms with Gasteiger partial charge < -0.3 is 14.7 Å². The number of hydrogen-bond donors (Lipinski definition) is 1. The van der Waals surface area contributed by atoms with E-state index in [1.807, 2.05) is 12.1 Å². The first kappa shape index (κ1) is 17.4. The minimum atomic E-state index is -0.639. The molecule has 0 aliphatic carbocycles. The molecule has 0 saturated carbocycles. The summed E-state index contributed by atoms with van der Waals surface area (Å²) in [5.41, 5.74) is 1.17. The van der Waals surface area contributed by atoms with Crippen LogP contribution in [0, 0.1) is 5.92 Å². The molecule has 0 radical (unpaired) electrons. The van der Waals surface area contributed by atoms with Crippen molar-refractivity contribution < 1.29 is 14.6 Å². The number of nitrogens with zero attached hydrogens (tertiary/aromatic N) is 4. The average Bonchev–Trinajstić information content (AvgIpc) is 3.01. The Balaban J connectivity index is 1.59. The number of likely N-dealkylation sites (tertiary alicyclic amines) is 1. The standard InChI is InChI=1S/C18H24N4O3/c1-12(2)11-25-16-6-4-5-14(7-16)18(24)21-8-15(9-21)22-10-17(13(3)23)19-20-22/h4-7,10,12-13,15,23H,8-9,11H2,1-3H3. The fraction of sp³-hybridized carbons (Fsp3) is 0.500. The van der Waals surface area contributed by atoms with E-state index in [0.717, 1.165) is 5.75 Å². The highest BCUT2D eigenvalue weighted by Crippen LogP contribution is 2.24. The maximum atomic E-state index is 12.6. The first-order valence-electron chi connectivity index (χ1n) is 8.56. The van der Waals surface area contributed by atoms with Crippen LogP contribution >= 0.6 is 0 Å². The lowest BCUT2D eigenvalue weighted by molar-refractivity contribution is 0.0497. The van der Waals surface area contributed by atoms with Crippen LogP contribution in [0.15, 0.2) is 30.5 Å². The summed E-state index contributed by atoms with van der Waals surface area (Å²) in [5, 5.41) is 17.5. The van der Waals surface area contributed by atoms with Gasteiger partial charge in [0.15, 0.2) is 0 Å². The van der Waals surface area contributed by atoms with Crippen molar-refractivity contribution in [3.05, 3.63) is 41.7 Å². The molecule has 7 heteroatoms. The van der Waals surface area contributed by atoms with Crippen molar-refractivity contribution in [1.82, 2.24) is 19.9 Å². The molecule has 3 rings (SSSR count). The minimum absolute atomic E-state index is 0.0119. The predicted molar refractivity (Wildman–Crippen MR) is 92.4 cm³/mol. The summed E-state index contributed by atoms with van der Waals surface area (Å²) in [6.07, 6.45) is 1.09. The van der Waals surface area contributed by atoms with Crippen LogP contribution in [0.3, 0.4) is 0 Å². The fourth-order valence-electron chi connectivity index (χ4n) is 2.61. The summed E-state index contributed by atoms with van der Waals surface area (Å²) in [6, 6.07) is 7.40. The van der Waals surface area contributed by atoms with Crippen LogP contribution in [0.2, 0.25) is 0 Å². The van der Waals surface area contributed by atoms with Gasteiger partial charge in [-0.1, -0.05) is 25.1 Å². The lowest BCUT2D eigenvalue weighted by Gasteiger charge is -2.38. The van der Waals surface area contributed by atoms with Gasteiger partial charge in [0, 0.05) is 18.7 Å². The van der Waals surface area contributed by atoms with Crippen molar-refractivity contribution >= 4 is 5.91 Å². The van der Waals surface area contributed by atoms with Crippen LogP contribution in [-0.2, 0) is 0 Å². The zero-order valence-electron chi connectivity index (χ0n) is 14.8. The van der Waals surface area contributed by atoms with Crippen LogP contribution in [0.4, 0.5) is 0 Å². The molecule has 2 aromatic rings. The number of aliphatic hydroxyl groups excluding tert-OH is 1. The van der Waals surface area contributed by atoms with Crippen molar-refractivity contribution in [3.8, 4) is 5.75 Å². The normalized spacial score (nSPS) is 16.0. The summed E-state index contributed by atoms with van der Waals surface area (Å²) in [7, 11) is 0. The van der Waals surface area contributed by atoms with E-state index in [1.165, 1.54) is 0 Å². The number of aromatic nitrogens is 3. The topological polar surface area (TPSA) is 80.5 Å². The highest BCUT2D eigenvalue weighted by molar-refractivity contribution is 5.95. The summed E-state index contributed by atoms with van der Waals surface area (Å²) in [5.74, 6) is 1.14. The molecule has 1 saturated heterocycles. The Bertz CT molecular complexity index is 735. The van der Waals surface area contributed by atoms with Crippen LogP contribution in [0.1, 0.15) is 49.0 Å². The Morgan fingerprint density at radius 2 is 2.12 bits per heavy atom. The Hall–Kier alpha value is -2.41. The van der Waals surface area contributed by atoms with Crippen molar-refractivity contribution in [1.29, 1.82) is 0 Å². The lowest BCUT2D eigenvalue weighted by atomic mass is 10.1. The summed E-state index contributed by atoms with van der Waals surface area (Å²) >= 11 is 0. The van der Waals surface area contributed by atoms with E-state index in [9.17, 15) is 9.90 Å². The number of ether oxygens (including phenoxy) is 1. The monoisotopic (exact) mass is 344 g/mol. The SMILES string of the molecule is CC(C)COc1cccc(C(=O)N2CC(n3cc(C(C)O)nn3)C2)c1. The van der Waals surface area contributed by atoms with Crippen LogP contribution < -0.4 is 4.74 Å². The van der Waals surface area contributed by atoms with Gasteiger partial charge in [0.25, 0.3) is 5.91 Å². The van der Waals surface area contributed by atoms with Gasteiger partial charge in [-0.2, -0.15) is 0 Å². The van der Waals surface area contributed by atoms with Crippen molar-refractivity contribution in [2.24, 2.45) is 5.92 Å². The fourth-order valence-corrected chi connectivity index (χ4v) is 2.61. The molecule has 1 amide bonds. The third-order valence-corrected chi connectivity index (χ3v) is 4.14. The molecule has 1 N–H and O–H groups in total. The number of benzene rings is 1. The molecule has 0 bridgehead atoms. The van der Waals surface area contributed by atoms with Gasteiger partial charge in [-0.15, -0.1) is 5.10 Å². The van der Waals surface area contributed by atoms with Gasteiger partial charge >= 0.3 is 0 Å². The quantitative estimate of drug-likeness (QED) is 0.868. The number of carbonyl (C=O) groups excluding carboxylic acids is 1. The minimum Gasteiger partial charge on any atom is -0.493 e.